The number of benzene rings is 1. The van der Waals surface area contributed by atoms with Crippen molar-refractivity contribution in [3.8, 4) is 5.75 Å². The van der Waals surface area contributed by atoms with Crippen LogP contribution in [-0.2, 0) is 0 Å². The number of para-hydroxylation sites is 1. The van der Waals surface area contributed by atoms with Gasteiger partial charge in [-0.05, 0) is 6.07 Å². The lowest BCUT2D eigenvalue weighted by Gasteiger charge is -1.99. The van der Waals surface area contributed by atoms with E-state index in [-0.39, 0.29) is 5.75 Å². The van der Waals surface area contributed by atoms with E-state index < -0.39 is 0 Å². The summed E-state index contributed by atoms with van der Waals surface area (Å²) in [6.45, 7) is 0. The van der Waals surface area contributed by atoms with Gasteiger partial charge in [-0.2, -0.15) is 0 Å². The van der Waals surface area contributed by atoms with Crippen LogP contribution in [-0.4, -0.2) is 10.5 Å². The zero-order chi connectivity index (χ0) is 7.56. The van der Waals surface area contributed by atoms with E-state index in [0.717, 1.165) is 0 Å². The van der Waals surface area contributed by atoms with Crippen molar-refractivity contribution >= 4 is 23.3 Å². The summed E-state index contributed by atoms with van der Waals surface area (Å²) in [5, 5.41) is 10.5. The van der Waals surface area contributed by atoms with Gasteiger partial charge >= 0.3 is 0 Å². The minimum absolute atomic E-state index is 0.0820. The first-order valence-corrected chi connectivity index (χ1v) is 3.25. The van der Waals surface area contributed by atoms with Gasteiger partial charge in [0.25, 0.3) is 0 Å². The molecule has 0 aliphatic carbocycles. The molecular weight excluding hydrogens is 146 g/mol. The SMILES string of the molecule is Nc1c(O)cccc1C=S. The molecule has 3 N–H and O–H groups in total. The third-order valence-electron chi connectivity index (χ3n) is 1.24. The molecule has 2 nitrogen and oxygen atoms in total. The Balaban J connectivity index is 3.27. The van der Waals surface area contributed by atoms with Crippen LogP contribution in [0, 0.1) is 0 Å². The van der Waals surface area contributed by atoms with E-state index >= 15 is 0 Å². The molecule has 52 valence electrons. The number of anilines is 1. The normalized spacial score (nSPS) is 9.20. The predicted octanol–water partition coefficient (Wildman–Crippen LogP) is 1.32. The summed E-state index contributed by atoms with van der Waals surface area (Å²) in [5.74, 6) is 0.0820. The van der Waals surface area contributed by atoms with Gasteiger partial charge in [-0.3, -0.25) is 0 Å². The van der Waals surface area contributed by atoms with Crippen molar-refractivity contribution in [1.29, 1.82) is 0 Å². The molecule has 0 aromatic heterocycles. The maximum Gasteiger partial charge on any atom is 0.139 e. The Morgan fingerprint density at radius 3 is 2.70 bits per heavy atom. The van der Waals surface area contributed by atoms with E-state index in [4.69, 9.17) is 10.8 Å². The van der Waals surface area contributed by atoms with Crippen LogP contribution in [0.15, 0.2) is 18.2 Å². The van der Waals surface area contributed by atoms with Crippen molar-refractivity contribution in [3.05, 3.63) is 23.8 Å². The lowest BCUT2D eigenvalue weighted by molar-refractivity contribution is 0.478. The van der Waals surface area contributed by atoms with Crippen LogP contribution < -0.4 is 5.73 Å². The van der Waals surface area contributed by atoms with Gasteiger partial charge in [0.05, 0.1) is 5.69 Å². The molecule has 0 heterocycles. The Kier molecular flexibility index (Phi) is 1.87. The molecule has 0 aliphatic rings. The van der Waals surface area contributed by atoms with Crippen LogP contribution in [0.1, 0.15) is 5.56 Å². The number of hydrogen-bond acceptors (Lipinski definition) is 3. The van der Waals surface area contributed by atoms with E-state index in [9.17, 15) is 0 Å². The summed E-state index contributed by atoms with van der Waals surface area (Å²) >= 11 is 4.65. The zero-order valence-corrected chi connectivity index (χ0v) is 6.06. The van der Waals surface area contributed by atoms with E-state index in [1.165, 1.54) is 11.4 Å². The van der Waals surface area contributed by atoms with Gasteiger partial charge in [-0.1, -0.05) is 24.4 Å². The number of nitrogen functional groups attached to an aromatic ring is 1. The summed E-state index contributed by atoms with van der Waals surface area (Å²) in [6, 6.07) is 4.98. The fraction of sp³-hybridized carbons (Fsp3) is 0. The third-order valence-corrected chi connectivity index (χ3v) is 1.50. The van der Waals surface area contributed by atoms with Crippen molar-refractivity contribution in [2.24, 2.45) is 0 Å². The summed E-state index contributed by atoms with van der Waals surface area (Å²) in [4.78, 5) is 0. The molecule has 1 aromatic carbocycles. The first-order valence-electron chi connectivity index (χ1n) is 2.78. The van der Waals surface area contributed by atoms with E-state index in [1.54, 1.807) is 12.1 Å². The second-order valence-corrected chi connectivity index (χ2v) is 2.13. The number of thiocarbonyl (C=S) groups is 1. The number of nitrogens with two attached hydrogens (primary N) is 1. The molecule has 0 radical (unpaired) electrons. The summed E-state index contributed by atoms with van der Waals surface area (Å²) in [5.41, 5.74) is 6.48. The lowest BCUT2D eigenvalue weighted by atomic mass is 10.2. The molecule has 0 atom stereocenters. The maximum atomic E-state index is 9.04. The number of aromatic hydroxyl groups is 1. The minimum atomic E-state index is 0.0820. The number of rotatable bonds is 1. The fourth-order valence-electron chi connectivity index (χ4n) is 0.673. The van der Waals surface area contributed by atoms with Gasteiger partial charge in [-0.25, -0.2) is 0 Å². The molecule has 0 unspecified atom stereocenters. The van der Waals surface area contributed by atoms with Gasteiger partial charge in [0, 0.05) is 10.9 Å². The topological polar surface area (TPSA) is 46.2 Å². The summed E-state index contributed by atoms with van der Waals surface area (Å²) in [6.07, 6.45) is 0. The molecule has 10 heavy (non-hydrogen) atoms. The van der Waals surface area contributed by atoms with Crippen LogP contribution >= 0.6 is 12.2 Å². The van der Waals surface area contributed by atoms with Crippen LogP contribution in [0.25, 0.3) is 0 Å². The van der Waals surface area contributed by atoms with Crippen LogP contribution in [0.2, 0.25) is 0 Å². The monoisotopic (exact) mass is 153 g/mol. The van der Waals surface area contributed by atoms with Crippen molar-refractivity contribution in [3.63, 3.8) is 0 Å². The Morgan fingerprint density at radius 1 is 1.50 bits per heavy atom. The molecule has 1 rings (SSSR count). The second kappa shape index (κ2) is 2.66. The zero-order valence-electron chi connectivity index (χ0n) is 5.24. The van der Waals surface area contributed by atoms with Crippen LogP contribution in [0.4, 0.5) is 5.69 Å². The largest absolute Gasteiger partial charge is 0.506 e. The molecule has 0 saturated carbocycles. The molecule has 1 aromatic rings. The highest BCUT2D eigenvalue weighted by atomic mass is 32.1. The summed E-state index contributed by atoms with van der Waals surface area (Å²) < 4.78 is 0. The Morgan fingerprint density at radius 2 is 2.20 bits per heavy atom. The van der Waals surface area contributed by atoms with Crippen molar-refractivity contribution in [2.45, 2.75) is 0 Å². The lowest BCUT2D eigenvalue weighted by Crippen LogP contribution is -1.91. The second-order valence-electron chi connectivity index (χ2n) is 1.90. The highest BCUT2D eigenvalue weighted by Crippen LogP contribution is 2.21. The predicted molar refractivity (Wildman–Crippen MR) is 45.3 cm³/mol. The van der Waals surface area contributed by atoms with Crippen molar-refractivity contribution < 1.29 is 5.11 Å². The van der Waals surface area contributed by atoms with E-state index in [0.29, 0.717) is 11.3 Å². The molecule has 0 spiro atoms. The average molecular weight is 153 g/mol. The Hall–Kier alpha value is -1.09. The van der Waals surface area contributed by atoms with Crippen LogP contribution in [0.3, 0.4) is 0 Å². The van der Waals surface area contributed by atoms with E-state index in [2.05, 4.69) is 12.2 Å². The molecule has 3 heteroatoms. The average Bonchev–Trinajstić information content (AvgIpc) is 1.95. The smallest absolute Gasteiger partial charge is 0.139 e. The third kappa shape index (κ3) is 1.09. The molecule has 0 saturated heterocycles. The van der Waals surface area contributed by atoms with Gasteiger partial charge in [0.2, 0.25) is 0 Å². The highest BCUT2D eigenvalue weighted by Gasteiger charge is 1.98. The van der Waals surface area contributed by atoms with Gasteiger partial charge in [0.15, 0.2) is 0 Å². The van der Waals surface area contributed by atoms with Gasteiger partial charge in [0.1, 0.15) is 5.75 Å². The van der Waals surface area contributed by atoms with Crippen LogP contribution in [0.5, 0.6) is 5.75 Å². The fourth-order valence-corrected chi connectivity index (χ4v) is 0.879. The van der Waals surface area contributed by atoms with E-state index in [1.807, 2.05) is 0 Å². The maximum absolute atomic E-state index is 9.04. The molecule has 0 fully saturated rings. The standard InChI is InChI=1S/C7H7NOS/c8-7-5(4-10)2-1-3-6(7)9/h1-4,9H,8H2. The van der Waals surface area contributed by atoms with Gasteiger partial charge in [-0.15, -0.1) is 0 Å². The molecule has 0 amide bonds. The highest BCUT2D eigenvalue weighted by molar-refractivity contribution is 7.79. The van der Waals surface area contributed by atoms with Gasteiger partial charge < -0.3 is 10.8 Å². The minimum Gasteiger partial charge on any atom is -0.506 e. The number of phenols is 1. The molecule has 0 bridgehead atoms. The van der Waals surface area contributed by atoms with Crippen molar-refractivity contribution in [2.75, 3.05) is 5.73 Å². The first-order chi connectivity index (χ1) is 4.75. The first kappa shape index (κ1) is 7.02. The Bertz CT molecular complexity index is 260. The number of phenolic OH excluding ortho intramolecular Hbond substituents is 1. The molecule has 0 aliphatic heterocycles. The quantitative estimate of drug-likeness (QED) is 0.363. The summed E-state index contributed by atoms with van der Waals surface area (Å²) in [7, 11) is 0. The number of hydrogen-bond donors (Lipinski definition) is 2. The molecular formula is C7H7NOS. The Labute approximate surface area is 64.3 Å². The van der Waals surface area contributed by atoms with Crippen molar-refractivity contribution in [1.82, 2.24) is 0 Å².